The van der Waals surface area contributed by atoms with Gasteiger partial charge in [0.05, 0.1) is 5.41 Å². The molecule has 0 bridgehead atoms. The van der Waals surface area contributed by atoms with Gasteiger partial charge >= 0.3 is 0 Å². The zero-order valence-electron chi connectivity index (χ0n) is 15.9. The van der Waals surface area contributed by atoms with E-state index < -0.39 is 36.1 Å². The molecule has 1 unspecified atom stereocenters. The highest BCUT2D eigenvalue weighted by atomic mass is 19.3. The van der Waals surface area contributed by atoms with Crippen LogP contribution in [0.25, 0.3) is 0 Å². The number of alkyl halides is 2. The number of carbonyl (C=O) groups is 2. The van der Waals surface area contributed by atoms with Crippen LogP contribution in [0.2, 0.25) is 0 Å². The van der Waals surface area contributed by atoms with Crippen LogP contribution in [0, 0.1) is 12.3 Å². The van der Waals surface area contributed by atoms with Gasteiger partial charge in [0.25, 0.3) is 11.8 Å². The maximum absolute atomic E-state index is 14.6. The van der Waals surface area contributed by atoms with E-state index in [4.69, 9.17) is 0 Å². The summed E-state index contributed by atoms with van der Waals surface area (Å²) >= 11 is 0. The molecule has 1 spiro atoms. The molecule has 1 aliphatic carbocycles. The molecule has 3 heterocycles. The van der Waals surface area contributed by atoms with E-state index in [1.54, 1.807) is 31.3 Å². The third-order valence-corrected chi connectivity index (χ3v) is 5.56. The molecule has 1 N–H and O–H groups in total. The summed E-state index contributed by atoms with van der Waals surface area (Å²) in [5.41, 5.74) is -1.06. The lowest BCUT2D eigenvalue weighted by Crippen LogP contribution is -2.52. The van der Waals surface area contributed by atoms with Crippen molar-refractivity contribution in [1.82, 2.24) is 20.3 Å². The number of amides is 2. The molecular weight excluding hydrogens is 380 g/mol. The number of pyridine rings is 1. The predicted octanol–water partition coefficient (Wildman–Crippen LogP) is 2.52. The highest BCUT2D eigenvalue weighted by Gasteiger charge is 2.57. The molecule has 0 aromatic carbocycles. The summed E-state index contributed by atoms with van der Waals surface area (Å²) in [7, 11) is 0. The van der Waals surface area contributed by atoms with Gasteiger partial charge in [-0.3, -0.25) is 19.5 Å². The van der Waals surface area contributed by atoms with Crippen molar-refractivity contribution >= 4 is 17.6 Å². The van der Waals surface area contributed by atoms with Gasteiger partial charge in [0.1, 0.15) is 17.3 Å². The summed E-state index contributed by atoms with van der Waals surface area (Å²) in [5.74, 6) is -3.01. The monoisotopic (exact) mass is 401 g/mol. The first-order valence-corrected chi connectivity index (χ1v) is 9.49. The van der Waals surface area contributed by atoms with Crippen molar-refractivity contribution < 1.29 is 18.4 Å². The third-order valence-electron chi connectivity index (χ3n) is 5.56. The van der Waals surface area contributed by atoms with Crippen molar-refractivity contribution in [1.29, 1.82) is 0 Å². The Morgan fingerprint density at radius 1 is 1.21 bits per heavy atom. The van der Waals surface area contributed by atoms with Gasteiger partial charge in [0.2, 0.25) is 5.91 Å². The van der Waals surface area contributed by atoms with Crippen LogP contribution in [0.5, 0.6) is 0 Å². The first kappa shape index (κ1) is 19.4. The number of anilines is 1. The van der Waals surface area contributed by atoms with Crippen molar-refractivity contribution in [3.63, 3.8) is 0 Å². The van der Waals surface area contributed by atoms with Gasteiger partial charge in [-0.2, -0.15) is 0 Å². The molecule has 1 saturated heterocycles. The molecule has 7 nitrogen and oxygen atoms in total. The first-order chi connectivity index (χ1) is 13.8. The van der Waals surface area contributed by atoms with Gasteiger partial charge in [-0.15, -0.1) is 0 Å². The molecule has 2 aromatic rings. The molecule has 2 aliphatic rings. The third kappa shape index (κ3) is 3.81. The fourth-order valence-electron chi connectivity index (χ4n) is 4.39. The SMILES string of the molecule is Cc1nccc(N2CCC3(C[C@H](NC(=O)c4ccccn4)CC(F)(F)C3)C2=O)n1. The summed E-state index contributed by atoms with van der Waals surface area (Å²) in [5, 5.41) is 2.65. The van der Waals surface area contributed by atoms with Crippen LogP contribution in [-0.2, 0) is 4.79 Å². The van der Waals surface area contributed by atoms with E-state index in [9.17, 15) is 18.4 Å². The fraction of sp³-hybridized carbons (Fsp3) is 0.450. The number of hydrogen-bond acceptors (Lipinski definition) is 5. The molecule has 4 rings (SSSR count). The van der Waals surface area contributed by atoms with Crippen LogP contribution >= 0.6 is 0 Å². The van der Waals surface area contributed by atoms with Crippen LogP contribution < -0.4 is 10.2 Å². The average Bonchev–Trinajstić information content (AvgIpc) is 2.96. The standard InChI is InChI=1S/C20H21F2N5O2/c1-13-23-8-5-16(25-13)27-9-6-19(18(27)29)10-14(11-20(21,22)12-19)26-17(28)15-4-2-3-7-24-15/h2-5,7-8,14H,6,9-12H2,1H3,(H,26,28)/t14-,19?/m0/s1. The van der Waals surface area contributed by atoms with E-state index in [2.05, 4.69) is 20.3 Å². The van der Waals surface area contributed by atoms with Gasteiger partial charge in [-0.1, -0.05) is 6.07 Å². The summed E-state index contributed by atoms with van der Waals surface area (Å²) in [6.45, 7) is 2.02. The van der Waals surface area contributed by atoms with Crippen LogP contribution in [0.3, 0.4) is 0 Å². The van der Waals surface area contributed by atoms with Crippen molar-refractivity contribution in [2.24, 2.45) is 5.41 Å². The number of hydrogen-bond donors (Lipinski definition) is 1. The molecule has 1 saturated carbocycles. The predicted molar refractivity (Wildman–Crippen MR) is 100 cm³/mol. The maximum atomic E-state index is 14.6. The van der Waals surface area contributed by atoms with Crippen molar-refractivity contribution in [2.75, 3.05) is 11.4 Å². The Morgan fingerprint density at radius 3 is 2.76 bits per heavy atom. The number of aryl methyl sites for hydroxylation is 1. The fourth-order valence-corrected chi connectivity index (χ4v) is 4.39. The minimum atomic E-state index is -3.05. The molecule has 2 aromatic heterocycles. The number of nitrogens with one attached hydrogen (secondary N) is 1. The highest BCUT2D eigenvalue weighted by Crippen LogP contribution is 2.51. The smallest absolute Gasteiger partial charge is 0.270 e. The van der Waals surface area contributed by atoms with Crippen LogP contribution in [0.1, 0.15) is 42.0 Å². The lowest BCUT2D eigenvalue weighted by Gasteiger charge is -2.40. The Morgan fingerprint density at radius 2 is 2.03 bits per heavy atom. The van der Waals surface area contributed by atoms with Gasteiger partial charge < -0.3 is 5.32 Å². The highest BCUT2D eigenvalue weighted by molar-refractivity contribution is 5.99. The van der Waals surface area contributed by atoms with E-state index in [1.165, 1.54) is 17.2 Å². The van der Waals surface area contributed by atoms with Gasteiger partial charge in [0, 0.05) is 37.8 Å². The molecule has 2 amide bonds. The number of nitrogens with zero attached hydrogens (tertiary/aromatic N) is 4. The number of carbonyl (C=O) groups excluding carboxylic acids is 2. The topological polar surface area (TPSA) is 88.1 Å². The van der Waals surface area contributed by atoms with Gasteiger partial charge in [0.15, 0.2) is 0 Å². The van der Waals surface area contributed by atoms with Crippen molar-refractivity contribution in [2.45, 2.75) is 44.6 Å². The summed E-state index contributed by atoms with van der Waals surface area (Å²) in [6, 6.07) is 5.63. The number of rotatable bonds is 3. The van der Waals surface area contributed by atoms with Gasteiger partial charge in [-0.05, 0) is 38.0 Å². The van der Waals surface area contributed by atoms with E-state index >= 15 is 0 Å². The molecule has 2 atom stereocenters. The molecule has 29 heavy (non-hydrogen) atoms. The van der Waals surface area contributed by atoms with Crippen LogP contribution in [-0.4, -0.2) is 45.3 Å². The van der Waals surface area contributed by atoms with E-state index in [0.29, 0.717) is 24.6 Å². The zero-order valence-corrected chi connectivity index (χ0v) is 15.9. The summed E-state index contributed by atoms with van der Waals surface area (Å²) in [4.78, 5) is 39.3. The minimum absolute atomic E-state index is 0.159. The van der Waals surface area contributed by atoms with Crippen LogP contribution in [0.4, 0.5) is 14.6 Å². The van der Waals surface area contributed by atoms with Crippen LogP contribution in [0.15, 0.2) is 36.7 Å². The van der Waals surface area contributed by atoms with E-state index in [1.807, 2.05) is 0 Å². The number of halogens is 2. The largest absolute Gasteiger partial charge is 0.348 e. The van der Waals surface area contributed by atoms with E-state index in [0.717, 1.165) is 0 Å². The molecule has 0 radical (unpaired) electrons. The lowest BCUT2D eigenvalue weighted by atomic mass is 9.69. The molecule has 152 valence electrons. The lowest BCUT2D eigenvalue weighted by molar-refractivity contribution is -0.140. The summed E-state index contributed by atoms with van der Waals surface area (Å²) < 4.78 is 29.2. The maximum Gasteiger partial charge on any atom is 0.270 e. The second-order valence-electron chi connectivity index (χ2n) is 7.78. The minimum Gasteiger partial charge on any atom is -0.348 e. The van der Waals surface area contributed by atoms with Gasteiger partial charge in [-0.25, -0.2) is 18.7 Å². The van der Waals surface area contributed by atoms with E-state index in [-0.39, 0.29) is 18.0 Å². The summed E-state index contributed by atoms with van der Waals surface area (Å²) in [6.07, 6.45) is 2.46. The first-order valence-electron chi connectivity index (χ1n) is 9.49. The molecule has 9 heteroatoms. The second kappa shape index (κ2) is 7.13. The Labute approximate surface area is 166 Å². The Bertz CT molecular complexity index is 939. The second-order valence-corrected chi connectivity index (χ2v) is 7.78. The van der Waals surface area contributed by atoms with Crippen molar-refractivity contribution in [3.05, 3.63) is 48.2 Å². The molecule has 2 fully saturated rings. The van der Waals surface area contributed by atoms with Crippen molar-refractivity contribution in [3.8, 4) is 0 Å². The Hall–Kier alpha value is -2.97. The average molecular weight is 401 g/mol. The Kier molecular flexibility index (Phi) is 4.76. The Balaban J connectivity index is 1.55. The molecule has 1 aliphatic heterocycles. The quantitative estimate of drug-likeness (QED) is 0.854. The molecular formula is C20H21F2N5O2. The normalized spacial score (nSPS) is 26.0. The zero-order chi connectivity index (χ0) is 20.6. The number of aromatic nitrogens is 3.